The Hall–Kier alpha value is -2.94. The van der Waals surface area contributed by atoms with E-state index < -0.39 is 17.4 Å². The standard InChI is InChI=1S/C29H33ClN4O4/c1-3-38-26(36)25-24-9-12-33(27(37)28(24,2)34(31-25)22-6-4-5-20(30)16-22)21-7-8-23-19(15-21)17-32(13-14-35)18-29(23)10-11-29/h4-8,15-16,24,35H,3,9-14,17-18H2,1-2H3. The first-order valence-corrected chi connectivity index (χ1v) is 13.8. The molecule has 2 aromatic rings. The van der Waals surface area contributed by atoms with Crippen LogP contribution in [0.4, 0.5) is 11.4 Å². The first-order valence-electron chi connectivity index (χ1n) is 13.4. The van der Waals surface area contributed by atoms with Gasteiger partial charge in [0, 0.05) is 48.2 Å². The third-order valence-corrected chi connectivity index (χ3v) is 8.91. The van der Waals surface area contributed by atoms with Gasteiger partial charge in [-0.25, -0.2) is 9.80 Å². The fourth-order valence-corrected chi connectivity index (χ4v) is 6.82. The van der Waals surface area contributed by atoms with Gasteiger partial charge in [0.05, 0.1) is 18.9 Å². The lowest BCUT2D eigenvalue weighted by atomic mass is 9.76. The molecule has 1 saturated carbocycles. The number of hydrogen-bond acceptors (Lipinski definition) is 7. The normalized spacial score (nSPS) is 25.7. The van der Waals surface area contributed by atoms with Crippen LogP contribution in [0, 0.1) is 5.92 Å². The zero-order valence-electron chi connectivity index (χ0n) is 21.8. The van der Waals surface area contributed by atoms with Crippen LogP contribution in [0.1, 0.15) is 44.2 Å². The fraction of sp³-hybridized carbons (Fsp3) is 0.483. The second-order valence-electron chi connectivity index (χ2n) is 11.0. The average molecular weight is 537 g/mol. The van der Waals surface area contributed by atoms with Crippen LogP contribution in [-0.2, 0) is 26.3 Å². The van der Waals surface area contributed by atoms with E-state index in [9.17, 15) is 14.7 Å². The maximum absolute atomic E-state index is 14.4. The minimum Gasteiger partial charge on any atom is -0.461 e. The molecule has 6 rings (SSSR count). The highest BCUT2D eigenvalue weighted by atomic mass is 35.5. The first-order chi connectivity index (χ1) is 18.3. The van der Waals surface area contributed by atoms with Crippen LogP contribution in [0.15, 0.2) is 47.6 Å². The minimum absolute atomic E-state index is 0.110. The van der Waals surface area contributed by atoms with Crippen molar-refractivity contribution in [1.82, 2.24) is 4.90 Å². The van der Waals surface area contributed by atoms with Gasteiger partial charge in [0.15, 0.2) is 5.71 Å². The summed E-state index contributed by atoms with van der Waals surface area (Å²) in [5.74, 6) is -1.00. The van der Waals surface area contributed by atoms with E-state index in [1.54, 1.807) is 24.1 Å². The highest BCUT2D eigenvalue weighted by Gasteiger charge is 2.59. The quantitative estimate of drug-likeness (QED) is 0.566. The number of hydrogen-bond donors (Lipinski definition) is 1. The molecule has 1 saturated heterocycles. The number of ether oxygens (including phenoxy) is 1. The fourth-order valence-electron chi connectivity index (χ4n) is 6.64. The maximum atomic E-state index is 14.4. The highest BCUT2D eigenvalue weighted by Crippen LogP contribution is 2.53. The second-order valence-corrected chi connectivity index (χ2v) is 11.4. The molecule has 1 N–H and O–H groups in total. The Morgan fingerprint density at radius 3 is 2.74 bits per heavy atom. The Balaban J connectivity index is 1.37. The van der Waals surface area contributed by atoms with E-state index in [-0.39, 0.29) is 30.2 Å². The molecule has 4 aliphatic rings. The number of nitrogens with zero attached hydrogens (tertiary/aromatic N) is 4. The summed E-state index contributed by atoms with van der Waals surface area (Å²) >= 11 is 6.30. The number of anilines is 2. The van der Waals surface area contributed by atoms with E-state index in [4.69, 9.17) is 16.3 Å². The Kier molecular flexibility index (Phi) is 6.24. The van der Waals surface area contributed by atoms with Crippen LogP contribution in [0.2, 0.25) is 5.02 Å². The van der Waals surface area contributed by atoms with Gasteiger partial charge >= 0.3 is 5.97 Å². The summed E-state index contributed by atoms with van der Waals surface area (Å²) in [6.07, 6.45) is 2.90. The van der Waals surface area contributed by atoms with E-state index in [2.05, 4.69) is 28.2 Å². The van der Waals surface area contributed by atoms with Gasteiger partial charge in [-0.3, -0.25) is 9.69 Å². The topological polar surface area (TPSA) is 85.7 Å². The van der Waals surface area contributed by atoms with Gasteiger partial charge in [0.25, 0.3) is 5.91 Å². The van der Waals surface area contributed by atoms with Gasteiger partial charge in [-0.15, -0.1) is 0 Å². The minimum atomic E-state index is -1.11. The predicted molar refractivity (Wildman–Crippen MR) is 147 cm³/mol. The van der Waals surface area contributed by atoms with Crippen molar-refractivity contribution in [2.24, 2.45) is 11.0 Å². The Labute approximate surface area is 227 Å². The molecule has 1 amide bonds. The SMILES string of the molecule is CCOC(=O)C1=NN(c2cccc(Cl)c2)C2(C)C(=O)N(c3ccc4c(c3)CN(CCO)CC43CC3)CCC12. The zero-order valence-corrected chi connectivity index (χ0v) is 22.6. The molecule has 9 heteroatoms. The number of piperidine rings is 1. The van der Waals surface area contributed by atoms with Crippen molar-refractivity contribution in [2.75, 3.05) is 42.8 Å². The molecule has 2 aromatic carbocycles. The lowest BCUT2D eigenvalue weighted by Crippen LogP contribution is -2.63. The molecule has 0 aromatic heterocycles. The molecule has 0 radical (unpaired) electrons. The Morgan fingerprint density at radius 2 is 2.03 bits per heavy atom. The number of benzene rings is 2. The third kappa shape index (κ3) is 3.92. The van der Waals surface area contributed by atoms with Gasteiger partial charge in [0.1, 0.15) is 5.54 Å². The van der Waals surface area contributed by atoms with Crippen molar-refractivity contribution >= 4 is 40.6 Å². The summed E-state index contributed by atoms with van der Waals surface area (Å²) in [7, 11) is 0. The molecule has 38 heavy (non-hydrogen) atoms. The van der Waals surface area contributed by atoms with Crippen molar-refractivity contribution in [1.29, 1.82) is 0 Å². The summed E-state index contributed by atoms with van der Waals surface area (Å²) in [6, 6.07) is 13.6. The molecule has 2 fully saturated rings. The van der Waals surface area contributed by atoms with Crippen LogP contribution in [0.3, 0.4) is 0 Å². The number of fused-ring (bicyclic) bond motifs is 3. The second kappa shape index (κ2) is 9.36. The average Bonchev–Trinajstić information content (AvgIpc) is 3.58. The van der Waals surface area contributed by atoms with Crippen molar-refractivity contribution < 1.29 is 19.4 Å². The Morgan fingerprint density at radius 1 is 1.21 bits per heavy atom. The number of carbonyl (C=O) groups excluding carboxylic acids is 2. The van der Waals surface area contributed by atoms with E-state index >= 15 is 0 Å². The van der Waals surface area contributed by atoms with Crippen molar-refractivity contribution in [3.8, 4) is 0 Å². The number of halogens is 1. The van der Waals surface area contributed by atoms with Crippen molar-refractivity contribution in [2.45, 2.75) is 50.6 Å². The third-order valence-electron chi connectivity index (χ3n) is 8.68. The maximum Gasteiger partial charge on any atom is 0.354 e. The highest BCUT2D eigenvalue weighted by molar-refractivity contribution is 6.40. The monoisotopic (exact) mass is 536 g/mol. The number of aliphatic hydroxyl groups excluding tert-OH is 1. The first kappa shape index (κ1) is 25.3. The molecule has 0 bridgehead atoms. The summed E-state index contributed by atoms with van der Waals surface area (Å²) in [5, 5.41) is 16.4. The number of amides is 1. The molecule has 200 valence electrons. The molecular weight excluding hydrogens is 504 g/mol. The molecule has 1 spiro atoms. The Bertz CT molecular complexity index is 1330. The summed E-state index contributed by atoms with van der Waals surface area (Å²) in [6.45, 7) is 6.87. The smallest absolute Gasteiger partial charge is 0.354 e. The largest absolute Gasteiger partial charge is 0.461 e. The molecule has 3 heterocycles. The molecule has 8 nitrogen and oxygen atoms in total. The van der Waals surface area contributed by atoms with Crippen LogP contribution in [-0.4, -0.2) is 66.0 Å². The lowest BCUT2D eigenvalue weighted by Gasteiger charge is -2.45. The van der Waals surface area contributed by atoms with Crippen LogP contribution < -0.4 is 9.91 Å². The molecule has 3 aliphatic heterocycles. The molecule has 2 atom stereocenters. The van der Waals surface area contributed by atoms with Gasteiger partial charge in [0.2, 0.25) is 0 Å². The van der Waals surface area contributed by atoms with Crippen molar-refractivity contribution in [3.63, 3.8) is 0 Å². The molecular formula is C29H33ClN4O4. The molecule has 2 unspecified atom stereocenters. The van der Waals surface area contributed by atoms with Gasteiger partial charge < -0.3 is 14.7 Å². The van der Waals surface area contributed by atoms with E-state index in [1.807, 2.05) is 24.0 Å². The van der Waals surface area contributed by atoms with E-state index in [0.717, 1.165) is 31.6 Å². The number of β-amino-alcohol motifs (C(OH)–C–C–N with tert-alkyl or cyclic N) is 1. The van der Waals surface area contributed by atoms with Crippen LogP contribution in [0.5, 0.6) is 0 Å². The van der Waals surface area contributed by atoms with Crippen LogP contribution >= 0.6 is 11.6 Å². The number of esters is 1. The number of rotatable bonds is 6. The summed E-state index contributed by atoms with van der Waals surface area (Å²) in [4.78, 5) is 31.4. The zero-order chi connectivity index (χ0) is 26.7. The number of carbonyl (C=O) groups is 2. The number of hydrazone groups is 1. The van der Waals surface area contributed by atoms with Gasteiger partial charge in [-0.1, -0.05) is 23.7 Å². The van der Waals surface area contributed by atoms with E-state index in [1.165, 1.54) is 11.1 Å². The summed E-state index contributed by atoms with van der Waals surface area (Å²) in [5.41, 5.74) is 3.46. The van der Waals surface area contributed by atoms with Gasteiger partial charge in [-0.05, 0) is 74.6 Å². The number of aliphatic hydroxyl groups is 1. The lowest BCUT2D eigenvalue weighted by molar-refractivity contribution is -0.135. The van der Waals surface area contributed by atoms with Gasteiger partial charge in [-0.2, -0.15) is 5.10 Å². The summed E-state index contributed by atoms with van der Waals surface area (Å²) < 4.78 is 5.32. The van der Waals surface area contributed by atoms with Crippen LogP contribution in [0.25, 0.3) is 0 Å². The molecule has 1 aliphatic carbocycles. The van der Waals surface area contributed by atoms with E-state index in [0.29, 0.717) is 30.2 Å². The predicted octanol–water partition coefficient (Wildman–Crippen LogP) is 3.73. The van der Waals surface area contributed by atoms with Crippen molar-refractivity contribution in [3.05, 3.63) is 58.6 Å².